The van der Waals surface area contributed by atoms with Crippen molar-refractivity contribution < 1.29 is 18.3 Å². The Bertz CT molecular complexity index is 1290. The molecule has 6 nitrogen and oxygen atoms in total. The highest BCUT2D eigenvalue weighted by Crippen LogP contribution is 2.28. The molecule has 0 unspecified atom stereocenters. The van der Waals surface area contributed by atoms with E-state index in [2.05, 4.69) is 27.6 Å². The quantitative estimate of drug-likeness (QED) is 0.404. The molecule has 3 aromatic carbocycles. The summed E-state index contributed by atoms with van der Waals surface area (Å²) in [6, 6.07) is 14.9. The molecule has 0 radical (unpaired) electrons. The number of carbonyl (C=O) groups excluding carboxylic acids is 1. The summed E-state index contributed by atoms with van der Waals surface area (Å²) in [6.45, 7) is 2.22. The molecule has 0 aliphatic rings. The average molecular weight is 455 g/mol. The van der Waals surface area contributed by atoms with Crippen molar-refractivity contribution in [1.82, 2.24) is 14.8 Å². The first-order valence-electron chi connectivity index (χ1n) is 9.79. The zero-order chi connectivity index (χ0) is 22.7. The number of nitrogens with zero attached hydrogens (tertiary/aromatic N) is 3. The van der Waals surface area contributed by atoms with Gasteiger partial charge in [-0.25, -0.2) is 8.78 Å². The molecule has 1 amide bonds. The van der Waals surface area contributed by atoms with E-state index in [0.717, 1.165) is 52.0 Å². The Morgan fingerprint density at radius 2 is 1.94 bits per heavy atom. The van der Waals surface area contributed by atoms with E-state index in [4.69, 9.17) is 4.74 Å². The maximum atomic E-state index is 13.7. The number of thioether (sulfide) groups is 1. The van der Waals surface area contributed by atoms with Crippen LogP contribution in [0.4, 0.5) is 14.5 Å². The molecule has 0 saturated carbocycles. The van der Waals surface area contributed by atoms with Gasteiger partial charge in [-0.2, -0.15) is 0 Å². The lowest BCUT2D eigenvalue weighted by molar-refractivity contribution is -0.113. The second kappa shape index (κ2) is 9.35. The van der Waals surface area contributed by atoms with Crippen molar-refractivity contribution in [2.24, 2.45) is 7.05 Å². The van der Waals surface area contributed by atoms with Gasteiger partial charge in [-0.15, -0.1) is 10.2 Å². The molecule has 0 bridgehead atoms. The van der Waals surface area contributed by atoms with Crippen molar-refractivity contribution in [1.29, 1.82) is 0 Å². The Morgan fingerprint density at radius 1 is 1.12 bits per heavy atom. The van der Waals surface area contributed by atoms with E-state index in [1.807, 2.05) is 31.2 Å². The minimum atomic E-state index is -0.702. The number of carbonyl (C=O) groups is 1. The van der Waals surface area contributed by atoms with Crippen LogP contribution in [0.3, 0.4) is 0 Å². The molecule has 9 heteroatoms. The smallest absolute Gasteiger partial charge is 0.234 e. The topological polar surface area (TPSA) is 69.0 Å². The van der Waals surface area contributed by atoms with Gasteiger partial charge in [0.2, 0.25) is 5.91 Å². The highest BCUT2D eigenvalue weighted by Gasteiger charge is 2.14. The van der Waals surface area contributed by atoms with Gasteiger partial charge in [0.25, 0.3) is 0 Å². The SMILES string of the molecule is Cc1c(OCc2nnc(SCC(=O)Nc3cc(F)ccc3F)n2C)ccc2ccccc12. The summed E-state index contributed by atoms with van der Waals surface area (Å²) in [5, 5.41) is 13.4. The number of hydrogen-bond donors (Lipinski definition) is 1. The van der Waals surface area contributed by atoms with Crippen LogP contribution in [0.25, 0.3) is 10.8 Å². The van der Waals surface area contributed by atoms with Gasteiger partial charge in [-0.3, -0.25) is 4.79 Å². The second-order valence-corrected chi connectivity index (χ2v) is 8.06. The number of hydrogen-bond acceptors (Lipinski definition) is 5. The maximum absolute atomic E-state index is 13.7. The number of benzene rings is 3. The van der Waals surface area contributed by atoms with Crippen molar-refractivity contribution >= 4 is 34.1 Å². The second-order valence-electron chi connectivity index (χ2n) is 7.12. The molecule has 32 heavy (non-hydrogen) atoms. The van der Waals surface area contributed by atoms with Crippen LogP contribution in [0.2, 0.25) is 0 Å². The lowest BCUT2D eigenvalue weighted by Gasteiger charge is -2.11. The van der Waals surface area contributed by atoms with Gasteiger partial charge in [0.15, 0.2) is 11.0 Å². The predicted octanol–water partition coefficient (Wildman–Crippen LogP) is 4.86. The van der Waals surface area contributed by atoms with E-state index in [0.29, 0.717) is 11.0 Å². The number of amides is 1. The summed E-state index contributed by atoms with van der Waals surface area (Å²) in [5.74, 6) is -0.492. The molecule has 164 valence electrons. The summed E-state index contributed by atoms with van der Waals surface area (Å²) in [5.41, 5.74) is 0.842. The van der Waals surface area contributed by atoms with Crippen molar-refractivity contribution in [2.75, 3.05) is 11.1 Å². The third kappa shape index (κ3) is 4.72. The van der Waals surface area contributed by atoms with Crippen LogP contribution in [0.1, 0.15) is 11.4 Å². The number of rotatable bonds is 7. The molecule has 1 heterocycles. The molecule has 0 fully saturated rings. The van der Waals surface area contributed by atoms with Gasteiger partial charge < -0.3 is 14.6 Å². The molecule has 0 aliphatic carbocycles. The first-order chi connectivity index (χ1) is 15.4. The first kappa shape index (κ1) is 21.8. The Hall–Kier alpha value is -3.46. The van der Waals surface area contributed by atoms with Gasteiger partial charge in [-0.1, -0.05) is 42.1 Å². The fourth-order valence-electron chi connectivity index (χ4n) is 3.21. The van der Waals surface area contributed by atoms with Crippen LogP contribution in [0.15, 0.2) is 59.8 Å². The monoisotopic (exact) mass is 454 g/mol. The lowest BCUT2D eigenvalue weighted by atomic mass is 10.0. The zero-order valence-corrected chi connectivity index (χ0v) is 18.2. The normalized spacial score (nSPS) is 11.0. The van der Waals surface area contributed by atoms with Crippen LogP contribution in [-0.2, 0) is 18.4 Å². The van der Waals surface area contributed by atoms with E-state index in [9.17, 15) is 13.6 Å². The molecule has 4 aromatic rings. The van der Waals surface area contributed by atoms with Crippen molar-refractivity contribution in [3.63, 3.8) is 0 Å². The number of aryl methyl sites for hydroxylation is 1. The number of ether oxygens (including phenoxy) is 1. The minimum Gasteiger partial charge on any atom is -0.485 e. The van der Waals surface area contributed by atoms with Crippen molar-refractivity contribution in [3.05, 3.63) is 77.6 Å². The van der Waals surface area contributed by atoms with Crippen LogP contribution in [0, 0.1) is 18.6 Å². The number of halogens is 2. The molecular weight excluding hydrogens is 434 g/mol. The Labute approximate surface area is 187 Å². The van der Waals surface area contributed by atoms with Crippen LogP contribution < -0.4 is 10.1 Å². The molecular formula is C23H20F2N4O2S. The van der Waals surface area contributed by atoms with Gasteiger partial charge in [-0.05, 0) is 41.5 Å². The van der Waals surface area contributed by atoms with Crippen LogP contribution in [0.5, 0.6) is 5.75 Å². The maximum Gasteiger partial charge on any atom is 0.234 e. The predicted molar refractivity (Wildman–Crippen MR) is 120 cm³/mol. The number of anilines is 1. The standard InChI is InChI=1S/C23H20F2N4O2S/c1-14-17-6-4-3-5-15(17)7-10-20(14)31-12-21-27-28-23(29(21)2)32-13-22(30)26-19-11-16(24)8-9-18(19)25/h3-11H,12-13H2,1-2H3,(H,26,30). The van der Waals surface area contributed by atoms with E-state index < -0.39 is 17.5 Å². The van der Waals surface area contributed by atoms with Gasteiger partial charge in [0, 0.05) is 13.1 Å². The van der Waals surface area contributed by atoms with E-state index in [1.54, 1.807) is 11.6 Å². The number of fused-ring (bicyclic) bond motifs is 1. The molecule has 0 aliphatic heterocycles. The lowest BCUT2D eigenvalue weighted by Crippen LogP contribution is -2.15. The number of aromatic nitrogens is 3. The highest BCUT2D eigenvalue weighted by atomic mass is 32.2. The summed E-state index contributed by atoms with van der Waals surface area (Å²) < 4.78 is 34.6. The summed E-state index contributed by atoms with van der Waals surface area (Å²) in [6.07, 6.45) is 0. The van der Waals surface area contributed by atoms with Crippen molar-refractivity contribution in [2.45, 2.75) is 18.7 Å². The molecule has 0 saturated heterocycles. The minimum absolute atomic E-state index is 0.0352. The fourth-order valence-corrected chi connectivity index (χ4v) is 3.94. The summed E-state index contributed by atoms with van der Waals surface area (Å²) >= 11 is 1.14. The van der Waals surface area contributed by atoms with Gasteiger partial charge in [0.1, 0.15) is 24.0 Å². The summed E-state index contributed by atoms with van der Waals surface area (Å²) in [7, 11) is 1.78. The number of nitrogens with one attached hydrogen (secondary N) is 1. The van der Waals surface area contributed by atoms with Crippen LogP contribution in [-0.4, -0.2) is 26.4 Å². The molecule has 0 atom stereocenters. The molecule has 0 spiro atoms. The van der Waals surface area contributed by atoms with E-state index in [-0.39, 0.29) is 18.0 Å². The zero-order valence-electron chi connectivity index (χ0n) is 17.4. The average Bonchev–Trinajstić information content (AvgIpc) is 3.14. The fraction of sp³-hybridized carbons (Fsp3) is 0.174. The van der Waals surface area contributed by atoms with Gasteiger partial charge >= 0.3 is 0 Å². The molecule has 1 N–H and O–H groups in total. The Kier molecular flexibility index (Phi) is 6.36. The van der Waals surface area contributed by atoms with Gasteiger partial charge in [0.05, 0.1) is 11.4 Å². The Balaban J connectivity index is 1.37. The molecule has 1 aromatic heterocycles. The van der Waals surface area contributed by atoms with E-state index in [1.165, 1.54) is 0 Å². The van der Waals surface area contributed by atoms with Crippen LogP contribution >= 0.6 is 11.8 Å². The molecule has 4 rings (SSSR count). The van der Waals surface area contributed by atoms with E-state index >= 15 is 0 Å². The Morgan fingerprint density at radius 3 is 2.78 bits per heavy atom. The summed E-state index contributed by atoms with van der Waals surface area (Å²) in [4.78, 5) is 12.1. The highest BCUT2D eigenvalue weighted by molar-refractivity contribution is 7.99. The first-order valence-corrected chi connectivity index (χ1v) is 10.8. The largest absolute Gasteiger partial charge is 0.485 e. The third-order valence-corrected chi connectivity index (χ3v) is 5.99. The third-order valence-electron chi connectivity index (χ3n) is 4.97. The van der Waals surface area contributed by atoms with Crippen molar-refractivity contribution in [3.8, 4) is 5.75 Å².